The molecule has 1 atom stereocenters. The number of fused-ring (bicyclic) bond motifs is 1. The van der Waals surface area contributed by atoms with E-state index in [0.29, 0.717) is 13.1 Å². The van der Waals surface area contributed by atoms with Gasteiger partial charge in [0.15, 0.2) is 0 Å². The maximum Gasteiger partial charge on any atom is 0.490 e. The van der Waals surface area contributed by atoms with Crippen molar-refractivity contribution in [3.8, 4) is 0 Å². The molecule has 0 bridgehead atoms. The Kier molecular flexibility index (Phi) is 7.52. The fourth-order valence-electron chi connectivity index (χ4n) is 4.53. The van der Waals surface area contributed by atoms with E-state index in [9.17, 15) is 18.0 Å². The normalized spacial score (nSPS) is 17.3. The summed E-state index contributed by atoms with van der Waals surface area (Å²) in [5, 5.41) is 7.12. The van der Waals surface area contributed by atoms with E-state index in [1.807, 2.05) is 29.6 Å². The number of hydrogen-bond donors (Lipinski definition) is 1. The van der Waals surface area contributed by atoms with Crippen LogP contribution in [0.5, 0.6) is 0 Å². The molecule has 0 saturated carbocycles. The second-order valence-corrected chi connectivity index (χ2v) is 8.69. The number of carboxylic acids is 1. The Hall–Kier alpha value is -3.95. The standard InChI is InChI=1S/C24H24N4O.C2HF3O2/c29-24(19-7-1-2-8-19)28-16-20-9-3-4-10-21(20)22(17-28)23-26-12-13-27(23)15-18-6-5-11-25-14-18;3-2(4,5)1(6)7/h1-6,9-14,19,22H,7-8,15-17H2;(H,6,7). The average Bonchev–Trinajstić information content (AvgIpc) is 3.56. The van der Waals surface area contributed by atoms with Crippen LogP contribution in [0.2, 0.25) is 0 Å². The largest absolute Gasteiger partial charge is 0.490 e. The van der Waals surface area contributed by atoms with Crippen LogP contribution in [0.1, 0.15) is 41.3 Å². The van der Waals surface area contributed by atoms with Crippen LogP contribution in [0.25, 0.3) is 0 Å². The van der Waals surface area contributed by atoms with Crippen molar-refractivity contribution in [1.29, 1.82) is 0 Å². The summed E-state index contributed by atoms with van der Waals surface area (Å²) in [5.41, 5.74) is 3.64. The molecule has 5 rings (SSSR count). The summed E-state index contributed by atoms with van der Waals surface area (Å²) >= 11 is 0. The van der Waals surface area contributed by atoms with E-state index >= 15 is 0 Å². The molecular formula is C26H25F3N4O3. The molecule has 1 aliphatic carbocycles. The van der Waals surface area contributed by atoms with E-state index in [4.69, 9.17) is 14.9 Å². The number of carbonyl (C=O) groups excluding carboxylic acids is 1. The monoisotopic (exact) mass is 498 g/mol. The Morgan fingerprint density at radius 1 is 1.06 bits per heavy atom. The summed E-state index contributed by atoms with van der Waals surface area (Å²) < 4.78 is 33.9. The fraction of sp³-hybridized carbons (Fsp3) is 0.308. The van der Waals surface area contributed by atoms with Crippen molar-refractivity contribution in [3.05, 3.63) is 95.9 Å². The van der Waals surface area contributed by atoms with Crippen molar-refractivity contribution < 1.29 is 27.9 Å². The van der Waals surface area contributed by atoms with Gasteiger partial charge in [0.2, 0.25) is 5.91 Å². The molecule has 0 spiro atoms. The zero-order chi connectivity index (χ0) is 25.7. The van der Waals surface area contributed by atoms with Crippen LogP contribution in [0.4, 0.5) is 13.2 Å². The second kappa shape index (κ2) is 10.8. The lowest BCUT2D eigenvalue weighted by atomic mass is 9.88. The van der Waals surface area contributed by atoms with Gasteiger partial charge in [0, 0.05) is 43.8 Å². The molecular weight excluding hydrogens is 473 g/mol. The molecule has 36 heavy (non-hydrogen) atoms. The Bertz CT molecular complexity index is 1230. The van der Waals surface area contributed by atoms with Gasteiger partial charge in [0.1, 0.15) is 5.82 Å². The minimum absolute atomic E-state index is 0.0740. The van der Waals surface area contributed by atoms with Gasteiger partial charge >= 0.3 is 12.1 Å². The number of amides is 1. The first-order chi connectivity index (χ1) is 17.2. The minimum atomic E-state index is -5.08. The number of halogens is 3. The summed E-state index contributed by atoms with van der Waals surface area (Å²) in [6, 6.07) is 12.5. The first-order valence-corrected chi connectivity index (χ1v) is 11.5. The molecule has 3 heterocycles. The van der Waals surface area contributed by atoms with Crippen LogP contribution in [0, 0.1) is 5.92 Å². The molecule has 2 aliphatic rings. The molecule has 1 amide bonds. The molecule has 1 N–H and O–H groups in total. The van der Waals surface area contributed by atoms with Gasteiger partial charge in [-0.15, -0.1) is 0 Å². The van der Waals surface area contributed by atoms with Crippen LogP contribution >= 0.6 is 0 Å². The van der Waals surface area contributed by atoms with Gasteiger partial charge in [0.05, 0.1) is 12.5 Å². The van der Waals surface area contributed by atoms with E-state index in [-0.39, 0.29) is 17.7 Å². The number of aliphatic carboxylic acids is 1. The van der Waals surface area contributed by atoms with Gasteiger partial charge in [-0.2, -0.15) is 13.2 Å². The Labute approximate surface area is 205 Å². The van der Waals surface area contributed by atoms with Crippen LogP contribution in [0.15, 0.2) is 73.3 Å². The highest BCUT2D eigenvalue weighted by atomic mass is 19.4. The summed E-state index contributed by atoms with van der Waals surface area (Å²) in [6.45, 7) is 2.09. The zero-order valence-corrected chi connectivity index (χ0v) is 19.3. The van der Waals surface area contributed by atoms with Crippen molar-refractivity contribution >= 4 is 11.9 Å². The van der Waals surface area contributed by atoms with Gasteiger partial charge in [-0.05, 0) is 35.6 Å². The summed E-state index contributed by atoms with van der Waals surface area (Å²) in [7, 11) is 0. The molecule has 0 saturated heterocycles. The molecule has 2 aromatic heterocycles. The molecule has 1 unspecified atom stereocenters. The molecule has 10 heteroatoms. The van der Waals surface area contributed by atoms with E-state index in [2.05, 4.69) is 52.0 Å². The average molecular weight is 499 g/mol. The van der Waals surface area contributed by atoms with E-state index in [1.54, 1.807) is 6.20 Å². The topological polar surface area (TPSA) is 88.3 Å². The third-order valence-electron chi connectivity index (χ3n) is 6.24. The molecule has 1 aromatic carbocycles. The fourth-order valence-corrected chi connectivity index (χ4v) is 4.53. The number of aromatic nitrogens is 3. The molecule has 188 valence electrons. The third-order valence-corrected chi connectivity index (χ3v) is 6.24. The van der Waals surface area contributed by atoms with E-state index < -0.39 is 12.1 Å². The predicted octanol–water partition coefficient (Wildman–Crippen LogP) is 4.40. The molecule has 7 nitrogen and oxygen atoms in total. The smallest absolute Gasteiger partial charge is 0.475 e. The number of pyridine rings is 1. The highest BCUT2D eigenvalue weighted by Crippen LogP contribution is 2.34. The number of carbonyl (C=O) groups is 2. The predicted molar refractivity (Wildman–Crippen MR) is 125 cm³/mol. The molecule has 1 aliphatic heterocycles. The van der Waals surface area contributed by atoms with Crippen LogP contribution in [-0.4, -0.2) is 49.1 Å². The number of carboxylic acid groups (broad SMARTS) is 1. The number of hydrogen-bond acceptors (Lipinski definition) is 4. The Morgan fingerprint density at radius 2 is 1.78 bits per heavy atom. The lowest BCUT2D eigenvalue weighted by molar-refractivity contribution is -0.192. The maximum absolute atomic E-state index is 13.2. The zero-order valence-electron chi connectivity index (χ0n) is 19.3. The van der Waals surface area contributed by atoms with Crippen molar-refractivity contribution in [2.45, 2.75) is 38.0 Å². The number of imidazole rings is 1. The Balaban J connectivity index is 0.000000384. The van der Waals surface area contributed by atoms with Crippen LogP contribution in [0.3, 0.4) is 0 Å². The summed E-state index contributed by atoms with van der Waals surface area (Å²) in [4.78, 5) is 33.0. The number of benzene rings is 1. The first kappa shape index (κ1) is 25.2. The van der Waals surface area contributed by atoms with Crippen LogP contribution in [-0.2, 0) is 22.7 Å². The van der Waals surface area contributed by atoms with Gasteiger partial charge < -0.3 is 14.6 Å². The number of allylic oxidation sites excluding steroid dienone is 2. The Morgan fingerprint density at radius 3 is 2.44 bits per heavy atom. The van der Waals surface area contributed by atoms with E-state index in [1.165, 1.54) is 11.1 Å². The van der Waals surface area contributed by atoms with Gasteiger partial charge in [0.25, 0.3) is 0 Å². The molecule has 3 aromatic rings. The SMILES string of the molecule is O=C(C1CC=CC1)N1Cc2ccccc2C(c2nccn2Cc2cccnc2)C1.O=C(O)C(F)(F)F. The molecule has 0 fully saturated rings. The van der Waals surface area contributed by atoms with Gasteiger partial charge in [-0.3, -0.25) is 9.78 Å². The van der Waals surface area contributed by atoms with Crippen molar-refractivity contribution in [3.63, 3.8) is 0 Å². The highest BCUT2D eigenvalue weighted by Gasteiger charge is 2.38. The second-order valence-electron chi connectivity index (χ2n) is 8.69. The quantitative estimate of drug-likeness (QED) is 0.539. The third kappa shape index (κ3) is 5.81. The molecule has 0 radical (unpaired) electrons. The number of rotatable bonds is 4. The first-order valence-electron chi connectivity index (χ1n) is 11.5. The highest BCUT2D eigenvalue weighted by molar-refractivity contribution is 5.80. The lowest BCUT2D eigenvalue weighted by Crippen LogP contribution is -2.42. The van der Waals surface area contributed by atoms with E-state index in [0.717, 1.165) is 30.8 Å². The number of alkyl halides is 3. The van der Waals surface area contributed by atoms with Crippen molar-refractivity contribution in [2.75, 3.05) is 6.54 Å². The van der Waals surface area contributed by atoms with Crippen LogP contribution < -0.4 is 0 Å². The summed E-state index contributed by atoms with van der Waals surface area (Å²) in [6.07, 6.45) is 8.44. The number of nitrogens with zero attached hydrogens (tertiary/aromatic N) is 4. The van der Waals surface area contributed by atoms with Gasteiger partial charge in [-0.1, -0.05) is 42.5 Å². The summed E-state index contributed by atoms with van der Waals surface area (Å²) in [5.74, 6) is -1.32. The minimum Gasteiger partial charge on any atom is -0.475 e. The van der Waals surface area contributed by atoms with Gasteiger partial charge in [-0.25, -0.2) is 9.78 Å². The van der Waals surface area contributed by atoms with Crippen molar-refractivity contribution in [2.24, 2.45) is 5.92 Å². The maximum atomic E-state index is 13.2. The van der Waals surface area contributed by atoms with Crippen molar-refractivity contribution in [1.82, 2.24) is 19.4 Å². The lowest BCUT2D eigenvalue weighted by Gasteiger charge is -2.36.